The van der Waals surface area contributed by atoms with E-state index in [0.717, 1.165) is 0 Å². The maximum Gasteiger partial charge on any atom is 0.320 e. The molecule has 0 aromatic carbocycles. The molecule has 9 heteroatoms. The van der Waals surface area contributed by atoms with E-state index in [1.165, 1.54) is 0 Å². The first kappa shape index (κ1) is 16.5. The van der Waals surface area contributed by atoms with Crippen LogP contribution in [0.2, 0.25) is 0 Å². The number of nitrogens with zero attached hydrogens (tertiary/aromatic N) is 1. The molecule has 0 aliphatic heterocycles. The fourth-order valence-corrected chi connectivity index (χ4v) is 0.696. The fraction of sp³-hybridized carbons (Fsp3) is 0.714. The number of hydrogen-bond acceptors (Lipinski definition) is 5. The number of carboxylic acids is 1. The molecule has 0 radical (unpaired) electrons. The first-order valence-corrected chi connectivity index (χ1v) is 4.39. The molecule has 1 amide bonds. The standard InChI is InChI=1S/C7H14N2O3.HNO3/c1-2-9-6(10)4-3-5(8)7(11)12;2-1(3)4/h5H,2-4,8H2,1H3,(H,9,10)(H,11,12);(H,2,3,4). The van der Waals surface area contributed by atoms with Gasteiger partial charge in [0.15, 0.2) is 0 Å². The summed E-state index contributed by atoms with van der Waals surface area (Å²) in [6, 6.07) is -0.937. The van der Waals surface area contributed by atoms with Gasteiger partial charge in [-0.3, -0.25) is 9.59 Å². The summed E-state index contributed by atoms with van der Waals surface area (Å²) in [5, 5.41) is 24.6. The summed E-state index contributed by atoms with van der Waals surface area (Å²) >= 11 is 0. The van der Waals surface area contributed by atoms with Crippen LogP contribution in [0.3, 0.4) is 0 Å². The van der Waals surface area contributed by atoms with Crippen LogP contribution < -0.4 is 11.1 Å². The number of aliphatic carboxylic acids is 1. The van der Waals surface area contributed by atoms with Gasteiger partial charge in [0.05, 0.1) is 0 Å². The van der Waals surface area contributed by atoms with Gasteiger partial charge in [-0.05, 0) is 13.3 Å². The van der Waals surface area contributed by atoms with Crippen molar-refractivity contribution >= 4 is 11.9 Å². The topological polar surface area (TPSA) is 156 Å². The molecular formula is C7H15N3O6. The fourth-order valence-electron chi connectivity index (χ4n) is 0.696. The van der Waals surface area contributed by atoms with Crippen LogP contribution in [-0.4, -0.2) is 39.9 Å². The molecule has 0 fully saturated rings. The maximum atomic E-state index is 10.8. The first-order chi connectivity index (χ1) is 7.31. The van der Waals surface area contributed by atoms with Crippen LogP contribution in [0.5, 0.6) is 0 Å². The third-order valence-corrected chi connectivity index (χ3v) is 1.37. The van der Waals surface area contributed by atoms with Crippen LogP contribution >= 0.6 is 0 Å². The van der Waals surface area contributed by atoms with Gasteiger partial charge >= 0.3 is 5.97 Å². The first-order valence-electron chi connectivity index (χ1n) is 4.39. The molecule has 1 unspecified atom stereocenters. The number of rotatable bonds is 5. The molecule has 0 aromatic heterocycles. The molecule has 5 N–H and O–H groups in total. The summed E-state index contributed by atoms with van der Waals surface area (Å²) in [6.07, 6.45) is 0.350. The summed E-state index contributed by atoms with van der Waals surface area (Å²) in [7, 11) is 0. The summed E-state index contributed by atoms with van der Waals surface area (Å²) < 4.78 is 0. The lowest BCUT2D eigenvalue weighted by Crippen LogP contribution is -2.32. The number of carboxylic acid groups (broad SMARTS) is 1. The van der Waals surface area contributed by atoms with E-state index < -0.39 is 17.1 Å². The second kappa shape index (κ2) is 9.65. The van der Waals surface area contributed by atoms with Crippen molar-refractivity contribution < 1.29 is 25.0 Å². The molecule has 94 valence electrons. The molecule has 0 heterocycles. The molecule has 0 aliphatic carbocycles. The lowest BCUT2D eigenvalue weighted by atomic mass is 10.1. The van der Waals surface area contributed by atoms with Gasteiger partial charge in [-0.1, -0.05) is 0 Å². The SMILES string of the molecule is CCNC(=O)CCC(N)C(=O)O.O=[N+]([O-])O. The third kappa shape index (κ3) is 14.6. The maximum absolute atomic E-state index is 10.8. The van der Waals surface area contributed by atoms with E-state index in [2.05, 4.69) is 5.32 Å². The Balaban J connectivity index is 0. The van der Waals surface area contributed by atoms with Gasteiger partial charge in [0.25, 0.3) is 5.09 Å². The molecule has 0 aliphatic rings. The predicted octanol–water partition coefficient (Wildman–Crippen LogP) is -1.03. The number of nitrogens with two attached hydrogens (primary N) is 1. The molecule has 9 nitrogen and oxygen atoms in total. The zero-order chi connectivity index (χ0) is 13.1. The average Bonchev–Trinajstić information content (AvgIpc) is 2.13. The minimum absolute atomic E-state index is 0.158. The minimum Gasteiger partial charge on any atom is -0.480 e. The quantitative estimate of drug-likeness (QED) is 0.351. The van der Waals surface area contributed by atoms with E-state index in [4.69, 9.17) is 26.2 Å². The third-order valence-electron chi connectivity index (χ3n) is 1.37. The highest BCUT2D eigenvalue weighted by atomic mass is 16.9. The van der Waals surface area contributed by atoms with Gasteiger partial charge in [0, 0.05) is 13.0 Å². The van der Waals surface area contributed by atoms with Crippen molar-refractivity contribution in [3.8, 4) is 0 Å². The van der Waals surface area contributed by atoms with E-state index in [1.54, 1.807) is 6.92 Å². The second-order valence-corrected chi connectivity index (χ2v) is 2.67. The van der Waals surface area contributed by atoms with Gasteiger partial charge in [-0.15, -0.1) is 10.1 Å². The number of hydrogen-bond donors (Lipinski definition) is 4. The zero-order valence-electron chi connectivity index (χ0n) is 8.75. The molecule has 0 aromatic rings. The van der Waals surface area contributed by atoms with Crippen LogP contribution in [-0.2, 0) is 9.59 Å². The lowest BCUT2D eigenvalue weighted by Gasteiger charge is -2.05. The summed E-state index contributed by atoms with van der Waals surface area (Å²) in [5.41, 5.74) is 5.18. The molecular weight excluding hydrogens is 222 g/mol. The molecule has 0 spiro atoms. The van der Waals surface area contributed by atoms with Gasteiger partial charge in [0.2, 0.25) is 5.91 Å². The molecule has 0 bridgehead atoms. The van der Waals surface area contributed by atoms with Crippen molar-refractivity contribution in [2.45, 2.75) is 25.8 Å². The summed E-state index contributed by atoms with van der Waals surface area (Å²) in [4.78, 5) is 29.4. The Labute approximate surface area is 91.3 Å². The molecule has 16 heavy (non-hydrogen) atoms. The van der Waals surface area contributed by atoms with E-state index >= 15 is 0 Å². The normalized spacial score (nSPS) is 10.6. The van der Waals surface area contributed by atoms with Crippen LogP contribution in [0.1, 0.15) is 19.8 Å². The van der Waals surface area contributed by atoms with E-state index in [-0.39, 0.29) is 18.7 Å². The largest absolute Gasteiger partial charge is 0.480 e. The molecule has 0 saturated carbocycles. The Hall–Kier alpha value is -1.90. The molecule has 0 rings (SSSR count). The van der Waals surface area contributed by atoms with Crippen LogP contribution in [0, 0.1) is 10.1 Å². The van der Waals surface area contributed by atoms with Gasteiger partial charge < -0.3 is 21.4 Å². The monoisotopic (exact) mass is 237 g/mol. The van der Waals surface area contributed by atoms with Crippen LogP contribution in [0.15, 0.2) is 0 Å². The van der Waals surface area contributed by atoms with Crippen LogP contribution in [0.4, 0.5) is 0 Å². The second-order valence-electron chi connectivity index (χ2n) is 2.67. The van der Waals surface area contributed by atoms with Gasteiger partial charge in [-0.25, -0.2) is 0 Å². The van der Waals surface area contributed by atoms with E-state index in [1.807, 2.05) is 0 Å². The van der Waals surface area contributed by atoms with Crippen molar-refractivity contribution in [3.63, 3.8) is 0 Å². The van der Waals surface area contributed by atoms with Gasteiger partial charge in [-0.2, -0.15) is 0 Å². The van der Waals surface area contributed by atoms with Crippen LogP contribution in [0.25, 0.3) is 0 Å². The number of carbonyl (C=O) groups is 2. The van der Waals surface area contributed by atoms with Crippen molar-refractivity contribution in [2.24, 2.45) is 5.73 Å². The summed E-state index contributed by atoms with van der Waals surface area (Å²) in [6.45, 7) is 2.36. The van der Waals surface area contributed by atoms with Crippen molar-refractivity contribution in [1.29, 1.82) is 0 Å². The lowest BCUT2D eigenvalue weighted by molar-refractivity contribution is -0.742. The Morgan fingerprint density at radius 3 is 2.31 bits per heavy atom. The van der Waals surface area contributed by atoms with Crippen molar-refractivity contribution in [2.75, 3.05) is 6.54 Å². The van der Waals surface area contributed by atoms with Crippen molar-refractivity contribution in [1.82, 2.24) is 5.32 Å². The Kier molecular flexibility index (Phi) is 9.96. The highest BCUT2D eigenvalue weighted by molar-refractivity contribution is 5.78. The Bertz CT molecular complexity index is 240. The van der Waals surface area contributed by atoms with Gasteiger partial charge in [0.1, 0.15) is 6.04 Å². The molecule has 1 atom stereocenters. The highest BCUT2D eigenvalue weighted by Gasteiger charge is 2.12. The van der Waals surface area contributed by atoms with E-state index in [9.17, 15) is 9.59 Å². The Morgan fingerprint density at radius 2 is 2.00 bits per heavy atom. The minimum atomic E-state index is -1.50. The number of nitrogens with one attached hydrogen (secondary N) is 1. The molecule has 0 saturated heterocycles. The smallest absolute Gasteiger partial charge is 0.320 e. The van der Waals surface area contributed by atoms with E-state index in [0.29, 0.717) is 6.54 Å². The summed E-state index contributed by atoms with van der Waals surface area (Å²) in [5.74, 6) is -1.23. The zero-order valence-corrected chi connectivity index (χ0v) is 8.75. The average molecular weight is 237 g/mol. The predicted molar refractivity (Wildman–Crippen MR) is 52.3 cm³/mol. The Morgan fingerprint density at radius 1 is 1.56 bits per heavy atom. The number of amides is 1. The highest BCUT2D eigenvalue weighted by Crippen LogP contribution is 1.93. The van der Waals surface area contributed by atoms with Crippen molar-refractivity contribution in [3.05, 3.63) is 10.1 Å². The number of carbonyl (C=O) groups excluding carboxylic acids is 1.